The quantitative estimate of drug-likeness (QED) is 0.464. The van der Waals surface area contributed by atoms with Crippen LogP contribution in [0.2, 0.25) is 0 Å². The molecule has 0 bridgehead atoms. The van der Waals surface area contributed by atoms with Gasteiger partial charge in [0.05, 0.1) is 17.0 Å². The van der Waals surface area contributed by atoms with Gasteiger partial charge in [-0.1, -0.05) is 0 Å². The minimum absolute atomic E-state index is 0.135. The molecule has 154 valence electrons. The van der Waals surface area contributed by atoms with Crippen LogP contribution in [0.3, 0.4) is 0 Å². The minimum Gasteiger partial charge on any atom is -0.380 e. The van der Waals surface area contributed by atoms with E-state index >= 15 is 0 Å². The van der Waals surface area contributed by atoms with Crippen LogP contribution in [-0.2, 0) is 0 Å². The number of aromatic nitrogens is 2. The van der Waals surface area contributed by atoms with Gasteiger partial charge in [0.25, 0.3) is 5.56 Å². The van der Waals surface area contributed by atoms with Gasteiger partial charge in [-0.05, 0) is 30.9 Å². The molecule has 1 saturated carbocycles. The van der Waals surface area contributed by atoms with Crippen LogP contribution >= 0.6 is 0 Å². The number of likely N-dealkylation sites (N-methyl/N-ethyl adjacent to an activating group) is 1. The lowest BCUT2D eigenvalue weighted by atomic mass is 9.74. The molecule has 1 aromatic carbocycles. The summed E-state index contributed by atoms with van der Waals surface area (Å²) >= 11 is 0. The van der Waals surface area contributed by atoms with Crippen LogP contribution in [0.4, 0.5) is 18.9 Å². The Kier molecular flexibility index (Phi) is 4.79. The Labute approximate surface area is 164 Å². The fraction of sp³-hybridized carbons (Fsp3) is 0.474. The van der Waals surface area contributed by atoms with E-state index in [0.717, 1.165) is 12.4 Å². The molecule has 2 aromatic rings. The van der Waals surface area contributed by atoms with E-state index in [1.807, 2.05) is 0 Å². The predicted octanol–water partition coefficient (Wildman–Crippen LogP) is 2.99. The average molecular weight is 406 g/mol. The number of aromatic amines is 1. The van der Waals surface area contributed by atoms with Crippen LogP contribution < -0.4 is 16.2 Å². The average Bonchev–Trinajstić information content (AvgIpc) is 2.68. The van der Waals surface area contributed by atoms with Crippen molar-refractivity contribution in [3.05, 3.63) is 34.0 Å². The summed E-state index contributed by atoms with van der Waals surface area (Å²) in [5.41, 5.74) is 0.374. The van der Waals surface area contributed by atoms with Crippen LogP contribution in [0.15, 0.2) is 21.9 Å². The van der Waals surface area contributed by atoms with Crippen molar-refractivity contribution in [3.63, 3.8) is 0 Å². The van der Waals surface area contributed by atoms with Crippen molar-refractivity contribution in [2.24, 2.45) is 10.9 Å². The van der Waals surface area contributed by atoms with Gasteiger partial charge in [-0.2, -0.15) is 5.10 Å². The molecule has 10 heteroatoms. The summed E-state index contributed by atoms with van der Waals surface area (Å²) in [6, 6.07) is 2.05. The molecule has 4 rings (SSSR count). The van der Waals surface area contributed by atoms with Crippen molar-refractivity contribution < 1.29 is 13.2 Å². The smallest absolute Gasteiger partial charge is 0.272 e. The summed E-state index contributed by atoms with van der Waals surface area (Å²) in [5, 5.41) is 20.9. The van der Waals surface area contributed by atoms with E-state index in [-0.39, 0.29) is 24.1 Å². The highest BCUT2D eigenvalue weighted by Gasteiger charge is 2.44. The minimum atomic E-state index is -2.68. The molecule has 0 spiro atoms. The summed E-state index contributed by atoms with van der Waals surface area (Å²) in [6.07, 6.45) is 1.04. The van der Waals surface area contributed by atoms with Crippen molar-refractivity contribution in [2.45, 2.75) is 43.6 Å². The number of rotatable bonds is 3. The third-order valence-corrected chi connectivity index (χ3v) is 5.88. The van der Waals surface area contributed by atoms with E-state index in [1.54, 1.807) is 7.05 Å². The molecule has 0 radical (unpaired) electrons. The number of hydrogen-bond donors (Lipinski definition) is 4. The lowest BCUT2D eigenvalue weighted by Gasteiger charge is -2.41. The van der Waals surface area contributed by atoms with Crippen LogP contribution in [0.25, 0.3) is 10.8 Å². The Hall–Kier alpha value is -2.91. The largest absolute Gasteiger partial charge is 0.380 e. The molecule has 1 aliphatic heterocycles. The molecule has 0 saturated heterocycles. The number of H-pyrrole nitrogens is 1. The molecule has 1 aromatic heterocycles. The van der Waals surface area contributed by atoms with Gasteiger partial charge in [0.1, 0.15) is 18.0 Å². The first-order chi connectivity index (χ1) is 13.8. The maximum Gasteiger partial charge on any atom is 0.272 e. The van der Waals surface area contributed by atoms with E-state index in [9.17, 15) is 18.0 Å². The second-order valence-electron chi connectivity index (χ2n) is 7.55. The molecule has 7 nitrogen and oxygen atoms in total. The predicted molar refractivity (Wildman–Crippen MR) is 105 cm³/mol. The molecule has 0 amide bonds. The number of aliphatic imine (C=N–C) groups is 1. The topological polar surface area (TPSA) is 106 Å². The monoisotopic (exact) mass is 406 g/mol. The Balaban J connectivity index is 1.88. The highest BCUT2D eigenvalue weighted by molar-refractivity contribution is 6.03. The lowest BCUT2D eigenvalue weighted by Crippen LogP contribution is -2.47. The Morgan fingerprint density at radius 3 is 2.76 bits per heavy atom. The van der Waals surface area contributed by atoms with Gasteiger partial charge in [0.15, 0.2) is 0 Å². The number of alkyl halides is 2. The van der Waals surface area contributed by atoms with Crippen LogP contribution in [0.5, 0.6) is 0 Å². The zero-order chi connectivity index (χ0) is 20.8. The van der Waals surface area contributed by atoms with E-state index in [1.165, 1.54) is 6.07 Å². The van der Waals surface area contributed by atoms with E-state index < -0.39 is 29.3 Å². The molecule has 4 N–H and O–H groups in total. The molecule has 0 unspecified atom stereocenters. The molecular formula is C19H21F3N6O. The summed E-state index contributed by atoms with van der Waals surface area (Å²) in [4.78, 5) is 16.3. The van der Waals surface area contributed by atoms with Crippen LogP contribution in [0, 0.1) is 17.1 Å². The Bertz CT molecular complexity index is 1040. The van der Waals surface area contributed by atoms with Crippen molar-refractivity contribution >= 4 is 28.6 Å². The molecule has 2 aliphatic rings. The molecule has 2 heterocycles. The zero-order valence-electron chi connectivity index (χ0n) is 15.7. The Morgan fingerprint density at radius 1 is 1.38 bits per heavy atom. The first-order valence-electron chi connectivity index (χ1n) is 9.45. The molecule has 1 aliphatic carbocycles. The molecule has 29 heavy (non-hydrogen) atoms. The van der Waals surface area contributed by atoms with Crippen molar-refractivity contribution in [3.8, 4) is 0 Å². The maximum absolute atomic E-state index is 14.2. The highest BCUT2D eigenvalue weighted by Crippen LogP contribution is 2.45. The summed E-state index contributed by atoms with van der Waals surface area (Å²) in [6.45, 7) is 0. The van der Waals surface area contributed by atoms with Crippen LogP contribution in [0.1, 0.15) is 37.3 Å². The van der Waals surface area contributed by atoms with E-state index in [0.29, 0.717) is 35.4 Å². The third-order valence-electron chi connectivity index (χ3n) is 5.88. The normalized spacial score (nSPS) is 24.2. The van der Waals surface area contributed by atoms with E-state index in [4.69, 9.17) is 5.41 Å². The van der Waals surface area contributed by atoms with Gasteiger partial charge in [0, 0.05) is 37.0 Å². The second kappa shape index (κ2) is 7.16. The molecular weight excluding hydrogens is 385 g/mol. The number of benzene rings is 1. The number of anilines is 1. The number of amidine groups is 1. The standard InChI is InChI=1S/C19H21F3N6O/c1-24-17(25-8-23)14-15(9-2-4-19(21,22)5-3-9)26-12-7-10(20)6-11-13(12)16(14)27-28-18(11)29/h6-9,14-15,26H,2-5H2,1H3,(H,28,29)(H2,23,24,25)/t14-,15-/m0/s1. The lowest BCUT2D eigenvalue weighted by molar-refractivity contribution is -0.0478. The van der Waals surface area contributed by atoms with Gasteiger partial charge >= 0.3 is 0 Å². The van der Waals surface area contributed by atoms with Crippen LogP contribution in [-0.4, -0.2) is 41.4 Å². The third kappa shape index (κ3) is 3.36. The molecule has 1 fully saturated rings. The van der Waals surface area contributed by atoms with Gasteiger partial charge in [-0.3, -0.25) is 10.2 Å². The number of halogens is 3. The number of nitrogens with one attached hydrogen (secondary N) is 4. The van der Waals surface area contributed by atoms with Crippen molar-refractivity contribution in [2.75, 3.05) is 12.4 Å². The summed E-state index contributed by atoms with van der Waals surface area (Å²) in [7, 11) is 1.65. The maximum atomic E-state index is 14.2. The SMILES string of the molecule is CN/C(=N\C=N)[C@@H]1c2n[nH]c(=O)c3cc(F)cc(c23)N[C@H]1C1CCC(F)(F)CC1. The van der Waals surface area contributed by atoms with E-state index in [2.05, 4.69) is 25.8 Å². The first-order valence-corrected chi connectivity index (χ1v) is 9.45. The second-order valence-corrected chi connectivity index (χ2v) is 7.55. The summed E-state index contributed by atoms with van der Waals surface area (Å²) in [5.74, 6) is -3.48. The van der Waals surface area contributed by atoms with Gasteiger partial charge in [0.2, 0.25) is 5.92 Å². The number of hydrogen-bond acceptors (Lipinski definition) is 4. The Morgan fingerprint density at radius 2 is 2.10 bits per heavy atom. The fourth-order valence-electron chi connectivity index (χ4n) is 4.54. The van der Waals surface area contributed by atoms with Gasteiger partial charge in [-0.25, -0.2) is 23.3 Å². The van der Waals surface area contributed by atoms with Gasteiger partial charge in [-0.15, -0.1) is 0 Å². The number of nitrogens with zero attached hydrogens (tertiary/aromatic N) is 2. The van der Waals surface area contributed by atoms with Crippen molar-refractivity contribution in [1.29, 1.82) is 5.41 Å². The molecule has 2 atom stereocenters. The van der Waals surface area contributed by atoms with Gasteiger partial charge < -0.3 is 10.6 Å². The fourth-order valence-corrected chi connectivity index (χ4v) is 4.54. The summed E-state index contributed by atoms with van der Waals surface area (Å²) < 4.78 is 41.6. The first kappa shape index (κ1) is 19.4. The van der Waals surface area contributed by atoms with Crippen molar-refractivity contribution in [1.82, 2.24) is 15.5 Å². The highest BCUT2D eigenvalue weighted by atomic mass is 19.3. The zero-order valence-corrected chi connectivity index (χ0v) is 15.7.